The predicted octanol–water partition coefficient (Wildman–Crippen LogP) is 2.83. The van der Waals surface area contributed by atoms with Gasteiger partial charge in [0.25, 0.3) is 0 Å². The van der Waals surface area contributed by atoms with Crippen molar-refractivity contribution in [2.45, 2.75) is 45.7 Å². The summed E-state index contributed by atoms with van der Waals surface area (Å²) in [5.41, 5.74) is 3.02. The van der Waals surface area contributed by atoms with Gasteiger partial charge in [0.05, 0.1) is 0 Å². The van der Waals surface area contributed by atoms with Crippen molar-refractivity contribution >= 4 is 5.69 Å². The molecule has 0 saturated carbocycles. The molecular formula is C15H24N2. The van der Waals surface area contributed by atoms with Gasteiger partial charge in [0.2, 0.25) is 0 Å². The third-order valence-corrected chi connectivity index (χ3v) is 3.20. The maximum atomic E-state index is 3.64. The molecule has 1 aromatic carbocycles. The normalized spacial score (nSPS) is 17.1. The van der Waals surface area contributed by atoms with E-state index in [0.29, 0.717) is 6.04 Å². The van der Waals surface area contributed by atoms with Gasteiger partial charge in [-0.25, -0.2) is 0 Å². The van der Waals surface area contributed by atoms with E-state index in [-0.39, 0.29) is 5.54 Å². The lowest BCUT2D eigenvalue weighted by Crippen LogP contribution is -2.62. The summed E-state index contributed by atoms with van der Waals surface area (Å²) in [4.78, 5) is 2.45. The van der Waals surface area contributed by atoms with Crippen LogP contribution in [0, 0.1) is 0 Å². The molecule has 1 N–H and O–H groups in total. The Kier molecular flexibility index (Phi) is 3.43. The number of aryl methyl sites for hydroxylation is 1. The Balaban J connectivity index is 1.90. The molecule has 0 spiro atoms. The Labute approximate surface area is 105 Å². The van der Waals surface area contributed by atoms with E-state index in [1.165, 1.54) is 11.3 Å². The van der Waals surface area contributed by atoms with E-state index in [1.807, 2.05) is 0 Å². The molecule has 1 aliphatic heterocycles. The Bertz CT molecular complexity index is 373. The zero-order valence-corrected chi connectivity index (χ0v) is 11.5. The van der Waals surface area contributed by atoms with Crippen LogP contribution in [-0.4, -0.2) is 24.7 Å². The summed E-state index contributed by atoms with van der Waals surface area (Å²) in [6.07, 6.45) is 1.12. The van der Waals surface area contributed by atoms with Gasteiger partial charge in [0, 0.05) is 30.4 Å². The third-order valence-electron chi connectivity index (χ3n) is 3.20. The minimum Gasteiger partial charge on any atom is -0.368 e. The fraction of sp³-hybridized carbons (Fsp3) is 0.600. The van der Waals surface area contributed by atoms with Crippen LogP contribution in [0.4, 0.5) is 5.69 Å². The van der Waals surface area contributed by atoms with Crippen LogP contribution in [0.15, 0.2) is 24.3 Å². The highest BCUT2D eigenvalue weighted by molar-refractivity contribution is 5.51. The van der Waals surface area contributed by atoms with Crippen molar-refractivity contribution in [1.29, 1.82) is 0 Å². The van der Waals surface area contributed by atoms with E-state index >= 15 is 0 Å². The number of nitrogens with zero attached hydrogens (tertiary/aromatic N) is 1. The lowest BCUT2D eigenvalue weighted by molar-refractivity contribution is 0.316. The lowest BCUT2D eigenvalue weighted by atomic mass is 10.0. The molecule has 0 radical (unpaired) electrons. The first kappa shape index (κ1) is 12.4. The molecule has 2 heteroatoms. The van der Waals surface area contributed by atoms with Gasteiger partial charge in [-0.05, 0) is 44.9 Å². The maximum absolute atomic E-state index is 3.64. The van der Waals surface area contributed by atoms with Crippen LogP contribution < -0.4 is 10.2 Å². The van der Waals surface area contributed by atoms with Crippen LogP contribution in [0.3, 0.4) is 0 Å². The monoisotopic (exact) mass is 232 g/mol. The summed E-state index contributed by atoms with van der Waals surface area (Å²) in [7, 11) is 0. The van der Waals surface area contributed by atoms with Gasteiger partial charge in [-0.1, -0.05) is 19.1 Å². The van der Waals surface area contributed by atoms with E-state index in [0.717, 1.165) is 19.5 Å². The smallest absolute Gasteiger partial charge is 0.0424 e. The number of rotatable bonds is 3. The molecule has 1 aliphatic rings. The van der Waals surface area contributed by atoms with Gasteiger partial charge >= 0.3 is 0 Å². The highest BCUT2D eigenvalue weighted by Gasteiger charge is 2.29. The van der Waals surface area contributed by atoms with Crippen molar-refractivity contribution in [1.82, 2.24) is 5.32 Å². The second-order valence-electron chi connectivity index (χ2n) is 6.02. The standard InChI is InChI=1S/C15H24N2/c1-5-12-7-6-8-14(9-12)17-10-13(11-17)16-15(2,3)4/h6-9,13,16H,5,10-11H2,1-4H3. The minimum atomic E-state index is 0.224. The molecule has 94 valence electrons. The Morgan fingerprint density at radius 3 is 2.59 bits per heavy atom. The number of hydrogen-bond acceptors (Lipinski definition) is 2. The zero-order valence-electron chi connectivity index (χ0n) is 11.5. The van der Waals surface area contributed by atoms with Gasteiger partial charge in [0.15, 0.2) is 0 Å². The molecule has 2 nitrogen and oxygen atoms in total. The van der Waals surface area contributed by atoms with Crippen LogP contribution in [0.5, 0.6) is 0 Å². The number of nitrogens with one attached hydrogen (secondary N) is 1. The van der Waals surface area contributed by atoms with E-state index < -0.39 is 0 Å². The molecule has 0 aromatic heterocycles. The van der Waals surface area contributed by atoms with Gasteiger partial charge < -0.3 is 10.2 Å². The minimum absolute atomic E-state index is 0.224. The fourth-order valence-electron chi connectivity index (χ4n) is 2.37. The van der Waals surface area contributed by atoms with Crippen molar-refractivity contribution in [2.75, 3.05) is 18.0 Å². The van der Waals surface area contributed by atoms with Crippen molar-refractivity contribution < 1.29 is 0 Å². The Morgan fingerprint density at radius 2 is 2.00 bits per heavy atom. The first-order valence-electron chi connectivity index (χ1n) is 6.59. The van der Waals surface area contributed by atoms with Crippen LogP contribution in [0.2, 0.25) is 0 Å². The van der Waals surface area contributed by atoms with E-state index in [4.69, 9.17) is 0 Å². The van der Waals surface area contributed by atoms with Crippen LogP contribution in [0.25, 0.3) is 0 Å². The fourth-order valence-corrected chi connectivity index (χ4v) is 2.37. The summed E-state index contributed by atoms with van der Waals surface area (Å²) in [5, 5.41) is 3.64. The van der Waals surface area contributed by atoms with E-state index in [1.54, 1.807) is 0 Å². The average molecular weight is 232 g/mol. The van der Waals surface area contributed by atoms with Gasteiger partial charge in [-0.15, -0.1) is 0 Å². The maximum Gasteiger partial charge on any atom is 0.0424 e. The molecule has 1 heterocycles. The second-order valence-corrected chi connectivity index (χ2v) is 6.02. The number of benzene rings is 1. The van der Waals surface area contributed by atoms with Crippen molar-refractivity contribution in [2.24, 2.45) is 0 Å². The summed E-state index contributed by atoms with van der Waals surface area (Å²) < 4.78 is 0. The van der Waals surface area contributed by atoms with E-state index in [2.05, 4.69) is 62.2 Å². The number of hydrogen-bond donors (Lipinski definition) is 1. The highest BCUT2D eigenvalue weighted by atomic mass is 15.3. The molecule has 1 saturated heterocycles. The van der Waals surface area contributed by atoms with Gasteiger partial charge in [-0.2, -0.15) is 0 Å². The molecule has 17 heavy (non-hydrogen) atoms. The van der Waals surface area contributed by atoms with Crippen molar-refractivity contribution in [3.05, 3.63) is 29.8 Å². The first-order valence-corrected chi connectivity index (χ1v) is 6.59. The van der Waals surface area contributed by atoms with Crippen LogP contribution in [0.1, 0.15) is 33.3 Å². The molecule has 1 aromatic rings. The first-order chi connectivity index (χ1) is 7.98. The largest absolute Gasteiger partial charge is 0.368 e. The van der Waals surface area contributed by atoms with Crippen LogP contribution in [-0.2, 0) is 6.42 Å². The molecule has 0 unspecified atom stereocenters. The van der Waals surface area contributed by atoms with Gasteiger partial charge in [-0.3, -0.25) is 0 Å². The molecule has 2 rings (SSSR count). The summed E-state index contributed by atoms with van der Waals surface area (Å²) in [5.74, 6) is 0. The highest BCUT2D eigenvalue weighted by Crippen LogP contribution is 2.23. The van der Waals surface area contributed by atoms with Crippen molar-refractivity contribution in [3.8, 4) is 0 Å². The molecule has 0 amide bonds. The average Bonchev–Trinajstić information content (AvgIpc) is 2.21. The topological polar surface area (TPSA) is 15.3 Å². The number of anilines is 1. The van der Waals surface area contributed by atoms with Crippen molar-refractivity contribution in [3.63, 3.8) is 0 Å². The summed E-state index contributed by atoms with van der Waals surface area (Å²) >= 11 is 0. The Hall–Kier alpha value is -1.02. The quantitative estimate of drug-likeness (QED) is 0.862. The summed E-state index contributed by atoms with van der Waals surface area (Å²) in [6.45, 7) is 11.2. The molecular weight excluding hydrogens is 208 g/mol. The van der Waals surface area contributed by atoms with Gasteiger partial charge in [0.1, 0.15) is 0 Å². The SMILES string of the molecule is CCc1cccc(N2CC(NC(C)(C)C)C2)c1. The van der Waals surface area contributed by atoms with E-state index in [9.17, 15) is 0 Å². The summed E-state index contributed by atoms with van der Waals surface area (Å²) in [6, 6.07) is 9.53. The predicted molar refractivity (Wildman–Crippen MR) is 74.7 cm³/mol. The third kappa shape index (κ3) is 3.22. The molecule has 0 bridgehead atoms. The zero-order chi connectivity index (χ0) is 12.5. The lowest BCUT2D eigenvalue weighted by Gasteiger charge is -2.44. The molecule has 0 aliphatic carbocycles. The Morgan fingerprint density at radius 1 is 1.29 bits per heavy atom. The molecule has 0 atom stereocenters. The second kappa shape index (κ2) is 4.69. The molecule has 1 fully saturated rings. The van der Waals surface area contributed by atoms with Crippen LogP contribution >= 0.6 is 0 Å².